The van der Waals surface area contributed by atoms with E-state index >= 15 is 0 Å². The number of hydrogen-bond acceptors (Lipinski definition) is 10. The maximum atomic E-state index is 13.6. The van der Waals surface area contributed by atoms with E-state index in [-0.39, 0.29) is 41.8 Å². The number of carbonyl (C=O) groups excluding carboxylic acids is 2. The van der Waals surface area contributed by atoms with Gasteiger partial charge in [0.1, 0.15) is 6.61 Å². The standard InChI is InChI=1S/C54H70N4O7/c1-11-37-34(8)41-26-42-35(9)39(22-23-47(60)64-25-24-33(7)21-15-20-32(6)19-14-18-31(5)17-13-16-30(3)4)50(57-42)49-51-48(54(63)65-52(49)53(61)62)36(10)43(58-51)27-45-38(12-2)40(29-59)46(56-45)28-44(37)55-41/h11,24,26-32,35,39,52,57,59H,1,12-23,25H2,2-10H3,(H,61,62)/b33-24+,40-29+,42-26?,43-27?,44-28?,50-49?/t31-,32-,35-,39-,52+/m1/s1. The number of nitrogens with zero attached hydrogens (tertiary/aromatic N) is 3. The molecule has 2 saturated heterocycles. The van der Waals surface area contributed by atoms with Crippen molar-refractivity contribution in [2.24, 2.45) is 44.6 Å². The summed E-state index contributed by atoms with van der Waals surface area (Å²) in [7, 11) is 0. The Kier molecular flexibility index (Phi) is 16.2. The Bertz CT molecular complexity index is 2350. The third-order valence-corrected chi connectivity index (χ3v) is 13.9. The minimum absolute atomic E-state index is 0.0838. The summed E-state index contributed by atoms with van der Waals surface area (Å²) < 4.78 is 11.5. The zero-order chi connectivity index (χ0) is 47.1. The van der Waals surface area contributed by atoms with E-state index in [1.165, 1.54) is 50.5 Å². The number of cyclic esters (lactones) is 1. The number of rotatable bonds is 20. The highest BCUT2D eigenvalue weighted by Crippen LogP contribution is 2.45. The molecule has 8 bridgehead atoms. The smallest absolute Gasteiger partial charge is 0.349 e. The predicted octanol–water partition coefficient (Wildman–Crippen LogP) is 11.8. The molecule has 0 saturated carbocycles. The molecule has 0 aromatic rings. The molecule has 11 nitrogen and oxygen atoms in total. The highest BCUT2D eigenvalue weighted by Gasteiger charge is 2.48. The molecule has 0 aromatic heterocycles. The van der Waals surface area contributed by atoms with Gasteiger partial charge in [-0.25, -0.2) is 24.6 Å². The number of ether oxygens (including phenoxy) is 2. The van der Waals surface area contributed by atoms with Crippen molar-refractivity contribution in [3.8, 4) is 0 Å². The lowest BCUT2D eigenvalue weighted by Crippen LogP contribution is -2.41. The van der Waals surface area contributed by atoms with Gasteiger partial charge in [0.2, 0.25) is 6.10 Å². The lowest BCUT2D eigenvalue weighted by atomic mass is 9.83. The molecule has 2 fully saturated rings. The Morgan fingerprint density at radius 1 is 0.923 bits per heavy atom. The fourth-order valence-electron chi connectivity index (χ4n) is 9.85. The van der Waals surface area contributed by atoms with E-state index < -0.39 is 24.0 Å². The number of carbonyl (C=O) groups is 3. The number of nitrogens with one attached hydrogen (secondary N) is 1. The van der Waals surface area contributed by atoms with Crippen LogP contribution in [0.25, 0.3) is 0 Å². The first-order valence-corrected chi connectivity index (χ1v) is 23.9. The molecule has 11 heteroatoms. The zero-order valence-corrected chi connectivity index (χ0v) is 40.1. The number of esters is 2. The summed E-state index contributed by atoms with van der Waals surface area (Å²) in [6.45, 7) is 23.4. The van der Waals surface area contributed by atoms with Crippen LogP contribution in [0.1, 0.15) is 139 Å². The maximum Gasteiger partial charge on any atom is 0.349 e. The van der Waals surface area contributed by atoms with E-state index in [1.54, 1.807) is 19.1 Å². The van der Waals surface area contributed by atoms with Crippen LogP contribution in [0.4, 0.5) is 0 Å². The number of allylic oxidation sites excluding steroid dienone is 11. The van der Waals surface area contributed by atoms with Crippen molar-refractivity contribution in [1.29, 1.82) is 0 Å². The Labute approximate surface area is 386 Å². The summed E-state index contributed by atoms with van der Waals surface area (Å²) in [5.74, 6) is -0.816. The SMILES string of the molecule is C=CC1=C(C)C2=NC1=CC1=NC(=C(CC)/C1=C\O)C=C1N=C3C(=C1C)C(=O)O[C@H](C(=O)O)C3=C1NC(=C2)[C@H](C)[C@H]1CCC(=O)OC/C=C(\C)CCC[C@H](C)CCC[C@H](C)CCCC(C)C. The molecule has 6 aliphatic rings. The predicted molar refractivity (Wildman–Crippen MR) is 259 cm³/mol. The summed E-state index contributed by atoms with van der Waals surface area (Å²) in [6, 6.07) is 0. The van der Waals surface area contributed by atoms with E-state index in [0.29, 0.717) is 64.1 Å². The number of aliphatic imine (C=N–C) groups is 3. The van der Waals surface area contributed by atoms with Crippen molar-refractivity contribution in [3.63, 3.8) is 0 Å². The fraction of sp³-hybridized carbons (Fsp3) is 0.519. The average molecular weight is 887 g/mol. The van der Waals surface area contributed by atoms with Crippen LogP contribution in [0.2, 0.25) is 0 Å². The third kappa shape index (κ3) is 11.1. The largest absolute Gasteiger partial charge is 0.515 e. The van der Waals surface area contributed by atoms with E-state index in [4.69, 9.17) is 24.5 Å². The molecule has 0 unspecified atom stereocenters. The van der Waals surface area contributed by atoms with Crippen molar-refractivity contribution < 1.29 is 34.1 Å². The minimum atomic E-state index is -1.65. The zero-order valence-electron chi connectivity index (χ0n) is 40.1. The van der Waals surface area contributed by atoms with Crippen molar-refractivity contribution >= 4 is 35.0 Å². The Morgan fingerprint density at radius 2 is 1.62 bits per heavy atom. The monoisotopic (exact) mass is 887 g/mol. The number of aliphatic carboxylic acids is 1. The lowest BCUT2D eigenvalue weighted by Gasteiger charge is -2.28. The summed E-state index contributed by atoms with van der Waals surface area (Å²) >= 11 is 0. The first-order chi connectivity index (χ1) is 31.1. The third-order valence-electron chi connectivity index (χ3n) is 13.9. The molecule has 0 amide bonds. The molecule has 6 heterocycles. The van der Waals surface area contributed by atoms with Gasteiger partial charge in [-0.3, -0.25) is 4.79 Å². The van der Waals surface area contributed by atoms with Gasteiger partial charge in [-0.05, 0) is 105 Å². The van der Waals surface area contributed by atoms with Gasteiger partial charge in [-0.1, -0.05) is 105 Å². The Balaban J connectivity index is 1.22. The number of aliphatic hydroxyl groups excluding tert-OH is 1. The Hall–Kier alpha value is -5.58. The van der Waals surface area contributed by atoms with E-state index in [0.717, 1.165) is 53.4 Å². The number of carboxylic acid groups (broad SMARTS) is 1. The first kappa shape index (κ1) is 48.9. The van der Waals surface area contributed by atoms with Gasteiger partial charge in [-0.2, -0.15) is 0 Å². The molecule has 6 aliphatic heterocycles. The summed E-state index contributed by atoms with van der Waals surface area (Å²) in [5, 5.41) is 24.6. The van der Waals surface area contributed by atoms with Crippen LogP contribution >= 0.6 is 0 Å². The second-order valence-electron chi connectivity index (χ2n) is 19.2. The second kappa shape index (κ2) is 21.6. The van der Waals surface area contributed by atoms with Gasteiger partial charge in [0.25, 0.3) is 0 Å². The van der Waals surface area contributed by atoms with Crippen molar-refractivity contribution in [3.05, 3.63) is 116 Å². The molecule has 65 heavy (non-hydrogen) atoms. The maximum absolute atomic E-state index is 13.6. The summed E-state index contributed by atoms with van der Waals surface area (Å²) in [5.41, 5.74) is 9.42. The summed E-state index contributed by atoms with van der Waals surface area (Å²) in [6.07, 6.45) is 20.8. The highest BCUT2D eigenvalue weighted by atomic mass is 16.6. The van der Waals surface area contributed by atoms with Crippen LogP contribution in [-0.4, -0.2) is 58.0 Å². The Morgan fingerprint density at radius 3 is 2.26 bits per heavy atom. The number of fused-ring (bicyclic) bond motifs is 5. The van der Waals surface area contributed by atoms with E-state index in [2.05, 4.69) is 46.5 Å². The van der Waals surface area contributed by atoms with Crippen LogP contribution < -0.4 is 5.32 Å². The van der Waals surface area contributed by atoms with Crippen LogP contribution in [0.5, 0.6) is 0 Å². The van der Waals surface area contributed by atoms with Gasteiger partial charge in [0, 0.05) is 40.8 Å². The molecule has 0 radical (unpaired) electrons. The van der Waals surface area contributed by atoms with Gasteiger partial charge >= 0.3 is 17.9 Å². The van der Waals surface area contributed by atoms with Crippen LogP contribution in [0.3, 0.4) is 0 Å². The van der Waals surface area contributed by atoms with Gasteiger partial charge in [0.15, 0.2) is 0 Å². The van der Waals surface area contributed by atoms with Crippen molar-refractivity contribution in [1.82, 2.24) is 5.32 Å². The molecule has 0 aliphatic carbocycles. The average Bonchev–Trinajstić information content (AvgIpc) is 3.95. The highest BCUT2D eigenvalue weighted by molar-refractivity contribution is 6.33. The molecular formula is C54H70N4O7. The normalized spacial score (nSPS) is 23.3. The molecule has 0 spiro atoms. The first-order valence-electron chi connectivity index (χ1n) is 23.9. The molecular weight excluding hydrogens is 817 g/mol. The number of carboxylic acids is 1. The lowest BCUT2D eigenvalue weighted by molar-refractivity contribution is -0.158. The number of aliphatic hydroxyl groups is 1. The topological polar surface area (TPSA) is 159 Å². The van der Waals surface area contributed by atoms with Gasteiger partial charge in [-0.15, -0.1) is 0 Å². The molecule has 5 atom stereocenters. The molecule has 6 rings (SSSR count). The van der Waals surface area contributed by atoms with Crippen LogP contribution in [0, 0.1) is 29.6 Å². The minimum Gasteiger partial charge on any atom is -0.515 e. The van der Waals surface area contributed by atoms with Crippen molar-refractivity contribution in [2.75, 3.05) is 6.61 Å². The number of hydrogen-bond donors (Lipinski definition) is 3. The molecule has 348 valence electrons. The van der Waals surface area contributed by atoms with Crippen molar-refractivity contribution in [2.45, 2.75) is 145 Å². The van der Waals surface area contributed by atoms with E-state index in [9.17, 15) is 24.6 Å². The fourth-order valence-corrected chi connectivity index (χ4v) is 9.85. The van der Waals surface area contributed by atoms with E-state index in [1.807, 2.05) is 39.0 Å². The van der Waals surface area contributed by atoms with Gasteiger partial charge in [0.05, 0.1) is 51.6 Å². The molecule has 0 aromatic carbocycles. The second-order valence-corrected chi connectivity index (χ2v) is 19.2. The molecule has 3 N–H and O–H groups in total. The van der Waals surface area contributed by atoms with Gasteiger partial charge < -0.3 is 25.0 Å². The van der Waals surface area contributed by atoms with Crippen LogP contribution in [0.15, 0.2) is 131 Å². The quantitative estimate of drug-likeness (QED) is 0.0619. The summed E-state index contributed by atoms with van der Waals surface area (Å²) in [4.78, 5) is 54.9. The van der Waals surface area contributed by atoms with Crippen LogP contribution in [-0.2, 0) is 23.9 Å².